The minimum Gasteiger partial charge on any atom is -0.378 e. The molecule has 0 saturated heterocycles. The summed E-state index contributed by atoms with van der Waals surface area (Å²) in [5, 5.41) is 3.14. The Morgan fingerprint density at radius 2 is 1.89 bits per heavy atom. The highest BCUT2D eigenvalue weighted by molar-refractivity contribution is 5.21. The van der Waals surface area contributed by atoms with Gasteiger partial charge in [0.2, 0.25) is 0 Å². The molecule has 0 radical (unpaired) electrons. The zero-order valence-corrected chi connectivity index (χ0v) is 11.5. The Morgan fingerprint density at radius 3 is 2.42 bits per heavy atom. The fourth-order valence-corrected chi connectivity index (χ4v) is 2.77. The number of rotatable bonds is 6. The fourth-order valence-electron chi connectivity index (χ4n) is 2.77. The molecule has 0 aromatic heterocycles. The van der Waals surface area contributed by atoms with E-state index in [2.05, 4.69) is 5.32 Å². The number of nitrogens with one attached hydrogen (secondary N) is 1. The SMILES string of the molecule is CCOC1CC(CC(NC)c2cc(F)cc(F)c2)C1. The van der Waals surface area contributed by atoms with Crippen LogP contribution in [0, 0.1) is 17.6 Å². The summed E-state index contributed by atoms with van der Waals surface area (Å²) in [6.45, 7) is 2.75. The van der Waals surface area contributed by atoms with Gasteiger partial charge >= 0.3 is 0 Å². The van der Waals surface area contributed by atoms with E-state index in [9.17, 15) is 8.78 Å². The summed E-state index contributed by atoms with van der Waals surface area (Å²) >= 11 is 0. The van der Waals surface area contributed by atoms with E-state index >= 15 is 0 Å². The van der Waals surface area contributed by atoms with E-state index in [0.717, 1.165) is 31.9 Å². The summed E-state index contributed by atoms with van der Waals surface area (Å²) in [4.78, 5) is 0. The molecule has 1 aliphatic rings. The first-order chi connectivity index (χ1) is 9.12. The zero-order chi connectivity index (χ0) is 13.8. The Balaban J connectivity index is 1.93. The molecule has 106 valence electrons. The number of halogens is 2. The molecule has 1 aromatic rings. The van der Waals surface area contributed by atoms with Gasteiger partial charge in [0.25, 0.3) is 0 Å². The van der Waals surface area contributed by atoms with Crippen LogP contribution in [0.5, 0.6) is 0 Å². The summed E-state index contributed by atoms with van der Waals surface area (Å²) in [5.74, 6) is -0.465. The zero-order valence-electron chi connectivity index (χ0n) is 11.5. The van der Waals surface area contributed by atoms with Crippen LogP contribution in [-0.4, -0.2) is 19.8 Å². The molecule has 19 heavy (non-hydrogen) atoms. The first kappa shape index (κ1) is 14.4. The van der Waals surface area contributed by atoms with Gasteiger partial charge in [0.1, 0.15) is 11.6 Å². The Morgan fingerprint density at radius 1 is 1.26 bits per heavy atom. The Kier molecular flexibility index (Phi) is 4.88. The summed E-state index contributed by atoms with van der Waals surface area (Å²) in [6.07, 6.45) is 3.35. The van der Waals surface area contributed by atoms with Crippen LogP contribution < -0.4 is 5.32 Å². The van der Waals surface area contributed by atoms with Crippen molar-refractivity contribution in [3.63, 3.8) is 0 Å². The van der Waals surface area contributed by atoms with Crippen LogP contribution >= 0.6 is 0 Å². The smallest absolute Gasteiger partial charge is 0.126 e. The van der Waals surface area contributed by atoms with Gasteiger partial charge in [-0.2, -0.15) is 0 Å². The van der Waals surface area contributed by atoms with Crippen molar-refractivity contribution in [2.75, 3.05) is 13.7 Å². The monoisotopic (exact) mass is 269 g/mol. The molecule has 0 aliphatic heterocycles. The maximum Gasteiger partial charge on any atom is 0.126 e. The van der Waals surface area contributed by atoms with Crippen molar-refractivity contribution in [3.05, 3.63) is 35.4 Å². The van der Waals surface area contributed by atoms with Crippen LogP contribution in [-0.2, 0) is 4.74 Å². The quantitative estimate of drug-likeness (QED) is 0.854. The van der Waals surface area contributed by atoms with Crippen LogP contribution in [0.25, 0.3) is 0 Å². The van der Waals surface area contributed by atoms with Crippen molar-refractivity contribution in [2.24, 2.45) is 5.92 Å². The average Bonchev–Trinajstić information content (AvgIpc) is 2.30. The Labute approximate surface area is 113 Å². The van der Waals surface area contributed by atoms with Crippen molar-refractivity contribution in [1.29, 1.82) is 0 Å². The lowest BCUT2D eigenvalue weighted by Crippen LogP contribution is -2.34. The molecule has 1 unspecified atom stereocenters. The molecule has 1 fully saturated rings. The van der Waals surface area contributed by atoms with E-state index in [1.54, 1.807) is 0 Å². The van der Waals surface area contributed by atoms with E-state index in [0.29, 0.717) is 17.6 Å². The summed E-state index contributed by atoms with van der Waals surface area (Å²) in [7, 11) is 1.83. The van der Waals surface area contributed by atoms with Crippen molar-refractivity contribution in [2.45, 2.75) is 38.3 Å². The van der Waals surface area contributed by atoms with Gasteiger partial charge in [-0.15, -0.1) is 0 Å². The molecule has 1 saturated carbocycles. The minimum absolute atomic E-state index is 0.00206. The largest absolute Gasteiger partial charge is 0.378 e. The van der Waals surface area contributed by atoms with Gasteiger partial charge < -0.3 is 10.1 Å². The number of ether oxygens (including phenoxy) is 1. The molecule has 0 bridgehead atoms. The van der Waals surface area contributed by atoms with E-state index in [1.807, 2.05) is 14.0 Å². The topological polar surface area (TPSA) is 21.3 Å². The molecule has 1 atom stereocenters. The van der Waals surface area contributed by atoms with Crippen LogP contribution in [0.15, 0.2) is 18.2 Å². The highest BCUT2D eigenvalue weighted by Gasteiger charge is 2.31. The lowest BCUT2D eigenvalue weighted by molar-refractivity contribution is -0.0289. The normalized spacial score (nSPS) is 24.0. The number of hydrogen-bond donors (Lipinski definition) is 1. The minimum atomic E-state index is -0.518. The maximum atomic E-state index is 13.2. The summed E-state index contributed by atoms with van der Waals surface area (Å²) in [6, 6.07) is 3.72. The number of hydrogen-bond acceptors (Lipinski definition) is 2. The Bertz CT molecular complexity index is 398. The van der Waals surface area contributed by atoms with Gasteiger partial charge in [-0.05, 0) is 56.8 Å². The molecule has 0 amide bonds. The first-order valence-corrected chi connectivity index (χ1v) is 6.87. The highest BCUT2D eigenvalue weighted by Crippen LogP contribution is 2.37. The molecule has 2 nitrogen and oxygen atoms in total. The summed E-state index contributed by atoms with van der Waals surface area (Å²) in [5.41, 5.74) is 0.680. The fraction of sp³-hybridized carbons (Fsp3) is 0.600. The molecule has 1 aliphatic carbocycles. The average molecular weight is 269 g/mol. The molecule has 1 aromatic carbocycles. The highest BCUT2D eigenvalue weighted by atomic mass is 19.1. The van der Waals surface area contributed by atoms with Crippen LogP contribution in [0.2, 0.25) is 0 Å². The number of benzene rings is 1. The third-order valence-electron chi connectivity index (χ3n) is 3.80. The third-order valence-corrected chi connectivity index (χ3v) is 3.80. The molecular formula is C15H21F2NO. The predicted molar refractivity (Wildman–Crippen MR) is 70.9 cm³/mol. The standard InChI is InChI=1S/C15H21F2NO/c1-3-19-14-4-10(5-14)6-15(18-2)11-7-12(16)9-13(17)8-11/h7-10,14-15,18H,3-6H2,1-2H3. The molecule has 1 N–H and O–H groups in total. The first-order valence-electron chi connectivity index (χ1n) is 6.87. The van der Waals surface area contributed by atoms with Gasteiger partial charge in [0.15, 0.2) is 0 Å². The van der Waals surface area contributed by atoms with Gasteiger partial charge in [0, 0.05) is 18.7 Å². The van der Waals surface area contributed by atoms with Gasteiger partial charge in [-0.1, -0.05) is 0 Å². The van der Waals surface area contributed by atoms with Gasteiger partial charge in [-0.3, -0.25) is 0 Å². The van der Waals surface area contributed by atoms with Crippen molar-refractivity contribution in [1.82, 2.24) is 5.32 Å². The van der Waals surface area contributed by atoms with Crippen LogP contribution in [0.3, 0.4) is 0 Å². The molecular weight excluding hydrogens is 248 g/mol. The van der Waals surface area contributed by atoms with Crippen molar-refractivity contribution >= 4 is 0 Å². The second-order valence-electron chi connectivity index (χ2n) is 5.19. The lowest BCUT2D eigenvalue weighted by atomic mass is 9.77. The summed E-state index contributed by atoms with van der Waals surface area (Å²) < 4.78 is 32.0. The van der Waals surface area contributed by atoms with E-state index < -0.39 is 11.6 Å². The maximum absolute atomic E-state index is 13.2. The van der Waals surface area contributed by atoms with Crippen molar-refractivity contribution < 1.29 is 13.5 Å². The second kappa shape index (κ2) is 6.44. The molecule has 2 rings (SSSR count). The van der Waals surface area contributed by atoms with Gasteiger partial charge in [-0.25, -0.2) is 8.78 Å². The van der Waals surface area contributed by atoms with E-state index in [1.165, 1.54) is 12.1 Å². The lowest BCUT2D eigenvalue weighted by Gasteiger charge is -2.37. The van der Waals surface area contributed by atoms with Crippen molar-refractivity contribution in [3.8, 4) is 0 Å². The molecule has 4 heteroatoms. The molecule has 0 heterocycles. The predicted octanol–water partition coefficient (Wildman–Crippen LogP) is 3.43. The van der Waals surface area contributed by atoms with Gasteiger partial charge in [0.05, 0.1) is 6.10 Å². The van der Waals surface area contributed by atoms with Crippen LogP contribution in [0.1, 0.15) is 37.8 Å². The third kappa shape index (κ3) is 3.74. The van der Waals surface area contributed by atoms with Crippen LogP contribution in [0.4, 0.5) is 8.78 Å². The second-order valence-corrected chi connectivity index (χ2v) is 5.19. The van der Waals surface area contributed by atoms with E-state index in [-0.39, 0.29) is 6.04 Å². The molecule has 0 spiro atoms. The Hall–Kier alpha value is -1.00. The van der Waals surface area contributed by atoms with E-state index in [4.69, 9.17) is 4.74 Å².